The number of hydrogen-bond donors (Lipinski definition) is 1. The van der Waals surface area contributed by atoms with Crippen molar-refractivity contribution in [1.82, 2.24) is 0 Å². The highest BCUT2D eigenvalue weighted by molar-refractivity contribution is 7.92. The molecule has 0 aliphatic heterocycles. The van der Waals surface area contributed by atoms with Gasteiger partial charge < -0.3 is 10.1 Å². The Morgan fingerprint density at radius 3 is 2.12 bits per heavy atom. The third-order valence-electron chi connectivity index (χ3n) is 4.64. The Kier molecular flexibility index (Phi) is 7.43. The summed E-state index contributed by atoms with van der Waals surface area (Å²) >= 11 is 5.91. The van der Waals surface area contributed by atoms with E-state index in [1.807, 2.05) is 32.0 Å². The molecule has 0 bridgehead atoms. The summed E-state index contributed by atoms with van der Waals surface area (Å²) in [5.41, 5.74) is 4.15. The first kappa shape index (κ1) is 23.6. The molecule has 168 valence electrons. The SMILES string of the molecule is Cc1cc(C)cc(NC(=O)COc2ccc(N(Cc3ccc(Cl)cc3)S(C)(=O)=O)cc2)c1. The molecule has 3 aromatic rings. The number of aryl methyl sites for hydroxylation is 2. The minimum atomic E-state index is -3.51. The minimum Gasteiger partial charge on any atom is -0.484 e. The highest BCUT2D eigenvalue weighted by atomic mass is 35.5. The summed E-state index contributed by atoms with van der Waals surface area (Å²) in [6, 6.07) is 19.4. The fourth-order valence-corrected chi connectivity index (χ4v) is 4.27. The summed E-state index contributed by atoms with van der Waals surface area (Å²) in [6.07, 6.45) is 1.16. The maximum atomic E-state index is 12.3. The van der Waals surface area contributed by atoms with E-state index in [-0.39, 0.29) is 19.1 Å². The van der Waals surface area contributed by atoms with E-state index in [9.17, 15) is 13.2 Å². The number of benzene rings is 3. The van der Waals surface area contributed by atoms with Gasteiger partial charge in [0.15, 0.2) is 6.61 Å². The maximum absolute atomic E-state index is 12.3. The van der Waals surface area contributed by atoms with Crippen molar-refractivity contribution >= 4 is 38.9 Å². The van der Waals surface area contributed by atoms with Crippen molar-refractivity contribution in [2.24, 2.45) is 0 Å². The zero-order chi connectivity index (χ0) is 23.3. The summed E-state index contributed by atoms with van der Waals surface area (Å²) in [4.78, 5) is 12.2. The third-order valence-corrected chi connectivity index (χ3v) is 6.03. The molecule has 0 saturated carbocycles. The number of carbonyl (C=O) groups excluding carboxylic acids is 1. The Bertz CT molecular complexity index is 1170. The molecule has 0 saturated heterocycles. The normalized spacial score (nSPS) is 11.1. The Balaban J connectivity index is 1.64. The van der Waals surface area contributed by atoms with Crippen LogP contribution in [0.3, 0.4) is 0 Å². The highest BCUT2D eigenvalue weighted by Crippen LogP contribution is 2.24. The molecule has 0 fully saturated rings. The Morgan fingerprint density at radius 1 is 0.969 bits per heavy atom. The number of rotatable bonds is 8. The molecule has 3 rings (SSSR count). The molecule has 6 nitrogen and oxygen atoms in total. The van der Waals surface area contributed by atoms with E-state index in [1.165, 1.54) is 4.31 Å². The quantitative estimate of drug-likeness (QED) is 0.503. The fourth-order valence-electron chi connectivity index (χ4n) is 3.26. The van der Waals surface area contributed by atoms with Gasteiger partial charge in [-0.15, -0.1) is 0 Å². The maximum Gasteiger partial charge on any atom is 0.262 e. The Hall–Kier alpha value is -3.03. The van der Waals surface area contributed by atoms with Crippen LogP contribution >= 0.6 is 11.6 Å². The van der Waals surface area contributed by atoms with Crippen LogP contribution in [0, 0.1) is 13.8 Å². The second-order valence-corrected chi connectivity index (χ2v) is 9.95. The lowest BCUT2D eigenvalue weighted by Crippen LogP contribution is -2.29. The van der Waals surface area contributed by atoms with Crippen LogP contribution in [0.2, 0.25) is 5.02 Å². The van der Waals surface area contributed by atoms with E-state index in [1.54, 1.807) is 48.5 Å². The number of carbonyl (C=O) groups is 1. The number of sulfonamides is 1. The van der Waals surface area contributed by atoms with Gasteiger partial charge in [0, 0.05) is 10.7 Å². The molecule has 3 aromatic carbocycles. The average Bonchev–Trinajstić information content (AvgIpc) is 2.71. The van der Waals surface area contributed by atoms with Gasteiger partial charge in [-0.1, -0.05) is 29.8 Å². The largest absolute Gasteiger partial charge is 0.484 e. The zero-order valence-corrected chi connectivity index (χ0v) is 19.7. The molecule has 1 N–H and O–H groups in total. The standard InChI is InChI=1S/C24H25ClN2O4S/c1-17-12-18(2)14-21(13-17)26-24(28)16-31-23-10-8-22(9-11-23)27(32(3,29)30)15-19-4-6-20(25)7-5-19/h4-14H,15-16H2,1-3H3,(H,26,28). The van der Waals surface area contributed by atoms with Crippen molar-refractivity contribution in [3.63, 3.8) is 0 Å². The summed E-state index contributed by atoms with van der Waals surface area (Å²) in [7, 11) is -3.51. The molecule has 0 aliphatic carbocycles. The van der Waals surface area contributed by atoms with Crippen molar-refractivity contribution in [2.75, 3.05) is 22.5 Å². The number of amides is 1. The van der Waals surface area contributed by atoms with Gasteiger partial charge in [-0.05, 0) is 79.1 Å². The molecule has 0 spiro atoms. The number of ether oxygens (including phenoxy) is 1. The smallest absolute Gasteiger partial charge is 0.262 e. The minimum absolute atomic E-state index is 0.160. The molecule has 0 heterocycles. The molecule has 1 amide bonds. The molecule has 0 unspecified atom stereocenters. The van der Waals surface area contributed by atoms with Crippen LogP contribution in [0.5, 0.6) is 5.75 Å². The first-order valence-corrected chi connectivity index (χ1v) is 12.2. The predicted molar refractivity (Wildman–Crippen MR) is 129 cm³/mol. The summed E-state index contributed by atoms with van der Waals surface area (Å²) in [6.45, 7) is 3.95. The van der Waals surface area contributed by atoms with E-state index in [0.717, 1.165) is 28.6 Å². The van der Waals surface area contributed by atoms with E-state index >= 15 is 0 Å². The number of anilines is 2. The lowest BCUT2D eigenvalue weighted by Gasteiger charge is -2.23. The molecule has 0 aromatic heterocycles. The second kappa shape index (κ2) is 10.1. The van der Waals surface area contributed by atoms with Crippen LogP contribution in [0.4, 0.5) is 11.4 Å². The van der Waals surface area contributed by atoms with Crippen molar-refractivity contribution in [2.45, 2.75) is 20.4 Å². The van der Waals surface area contributed by atoms with Gasteiger partial charge in [-0.25, -0.2) is 8.42 Å². The van der Waals surface area contributed by atoms with Crippen molar-refractivity contribution in [1.29, 1.82) is 0 Å². The average molecular weight is 473 g/mol. The lowest BCUT2D eigenvalue weighted by atomic mass is 10.1. The number of nitrogens with zero attached hydrogens (tertiary/aromatic N) is 1. The summed E-state index contributed by atoms with van der Waals surface area (Å²) in [5, 5.41) is 3.40. The van der Waals surface area contributed by atoms with Crippen LogP contribution in [0.1, 0.15) is 16.7 Å². The monoisotopic (exact) mass is 472 g/mol. The molecule has 8 heteroatoms. The fraction of sp³-hybridized carbons (Fsp3) is 0.208. The zero-order valence-electron chi connectivity index (χ0n) is 18.1. The Labute approximate surface area is 193 Å². The molecular weight excluding hydrogens is 448 g/mol. The topological polar surface area (TPSA) is 75.7 Å². The first-order chi connectivity index (χ1) is 15.1. The van der Waals surface area contributed by atoms with E-state index in [0.29, 0.717) is 16.5 Å². The van der Waals surface area contributed by atoms with E-state index in [2.05, 4.69) is 5.32 Å². The van der Waals surface area contributed by atoms with Crippen molar-refractivity contribution in [3.05, 3.63) is 88.4 Å². The predicted octanol–water partition coefficient (Wildman–Crippen LogP) is 4.94. The molecular formula is C24H25ClN2O4S. The molecule has 0 radical (unpaired) electrons. The van der Waals surface area contributed by atoms with Crippen LogP contribution in [0.25, 0.3) is 0 Å². The summed E-state index contributed by atoms with van der Waals surface area (Å²) in [5.74, 6) is 0.184. The molecule has 0 aliphatic rings. The second-order valence-electron chi connectivity index (χ2n) is 7.60. The van der Waals surface area contributed by atoms with Crippen LogP contribution in [-0.2, 0) is 21.4 Å². The molecule has 32 heavy (non-hydrogen) atoms. The van der Waals surface area contributed by atoms with E-state index in [4.69, 9.17) is 16.3 Å². The number of nitrogens with one attached hydrogen (secondary N) is 1. The molecule has 0 atom stereocenters. The van der Waals surface area contributed by atoms with Gasteiger partial charge in [0.25, 0.3) is 5.91 Å². The summed E-state index contributed by atoms with van der Waals surface area (Å²) < 4.78 is 31.5. The van der Waals surface area contributed by atoms with E-state index < -0.39 is 10.0 Å². The van der Waals surface area contributed by atoms with Crippen molar-refractivity contribution < 1.29 is 17.9 Å². The van der Waals surface area contributed by atoms with Gasteiger partial charge in [0.1, 0.15) is 5.75 Å². The Morgan fingerprint density at radius 2 is 1.56 bits per heavy atom. The van der Waals surface area contributed by atoms with Gasteiger partial charge in [0.2, 0.25) is 10.0 Å². The van der Waals surface area contributed by atoms with Crippen LogP contribution in [-0.4, -0.2) is 27.2 Å². The van der Waals surface area contributed by atoms with Crippen molar-refractivity contribution in [3.8, 4) is 5.75 Å². The lowest BCUT2D eigenvalue weighted by molar-refractivity contribution is -0.118. The number of hydrogen-bond acceptors (Lipinski definition) is 4. The van der Waals surface area contributed by atoms with Crippen LogP contribution in [0.15, 0.2) is 66.7 Å². The van der Waals surface area contributed by atoms with Gasteiger partial charge in [-0.3, -0.25) is 9.10 Å². The first-order valence-electron chi connectivity index (χ1n) is 9.93. The van der Waals surface area contributed by atoms with Gasteiger partial charge in [-0.2, -0.15) is 0 Å². The van der Waals surface area contributed by atoms with Gasteiger partial charge in [0.05, 0.1) is 18.5 Å². The van der Waals surface area contributed by atoms with Gasteiger partial charge >= 0.3 is 0 Å². The number of halogens is 1. The van der Waals surface area contributed by atoms with Crippen LogP contribution < -0.4 is 14.4 Å². The highest BCUT2D eigenvalue weighted by Gasteiger charge is 2.18. The third kappa shape index (κ3) is 6.73.